The number of nitrogens with one attached hydrogen (secondary N) is 1. The van der Waals surface area contributed by atoms with E-state index in [0.717, 1.165) is 11.6 Å². The van der Waals surface area contributed by atoms with Crippen LogP contribution >= 0.6 is 0 Å². The van der Waals surface area contributed by atoms with Gasteiger partial charge in [0, 0.05) is 11.8 Å². The van der Waals surface area contributed by atoms with Gasteiger partial charge in [-0.3, -0.25) is 4.79 Å². The molecule has 0 aliphatic carbocycles. The predicted octanol–water partition coefficient (Wildman–Crippen LogP) is 2.36. The predicted molar refractivity (Wildman–Crippen MR) is 67.7 cm³/mol. The van der Waals surface area contributed by atoms with Gasteiger partial charge in [-0.2, -0.15) is 0 Å². The van der Waals surface area contributed by atoms with Crippen LogP contribution in [0.25, 0.3) is 0 Å². The van der Waals surface area contributed by atoms with Crippen LogP contribution in [-0.2, 0) is 0 Å². The van der Waals surface area contributed by atoms with Crippen molar-refractivity contribution < 1.29 is 9.18 Å². The molecule has 1 amide bonds. The molecule has 0 saturated carbocycles. The van der Waals surface area contributed by atoms with E-state index in [4.69, 9.17) is 5.73 Å². The van der Waals surface area contributed by atoms with Crippen molar-refractivity contribution in [2.45, 2.75) is 6.92 Å². The summed E-state index contributed by atoms with van der Waals surface area (Å²) in [4.78, 5) is 15.8. The normalized spacial score (nSPS) is 10.1. The van der Waals surface area contributed by atoms with Crippen LogP contribution in [0.1, 0.15) is 15.9 Å². The first-order valence-electron chi connectivity index (χ1n) is 5.35. The fourth-order valence-electron chi connectivity index (χ4n) is 1.40. The van der Waals surface area contributed by atoms with Crippen molar-refractivity contribution in [2.24, 2.45) is 0 Å². The molecule has 0 fully saturated rings. The summed E-state index contributed by atoms with van der Waals surface area (Å²) in [5.41, 5.74) is 6.54. The number of anilines is 2. The number of carbonyl (C=O) groups is 1. The number of hydrogen-bond acceptors (Lipinski definition) is 3. The first kappa shape index (κ1) is 12.0. The third-order valence-corrected chi connectivity index (χ3v) is 2.42. The lowest BCUT2D eigenvalue weighted by Crippen LogP contribution is -2.13. The lowest BCUT2D eigenvalue weighted by Gasteiger charge is -2.05. The van der Waals surface area contributed by atoms with Crippen LogP contribution in [0.5, 0.6) is 0 Å². The number of hydrogen-bond donors (Lipinski definition) is 2. The van der Waals surface area contributed by atoms with Gasteiger partial charge < -0.3 is 11.1 Å². The van der Waals surface area contributed by atoms with E-state index in [1.807, 2.05) is 13.0 Å². The molecule has 1 aromatic carbocycles. The molecule has 1 aromatic heterocycles. The summed E-state index contributed by atoms with van der Waals surface area (Å²) in [6, 6.07) is 7.42. The monoisotopic (exact) mass is 245 g/mol. The summed E-state index contributed by atoms with van der Waals surface area (Å²) in [6.45, 7) is 1.90. The molecule has 2 rings (SSSR count). The van der Waals surface area contributed by atoms with Gasteiger partial charge in [0.1, 0.15) is 11.6 Å². The number of nitrogen functional groups attached to an aromatic ring is 1. The molecule has 92 valence electrons. The Morgan fingerprint density at radius 3 is 2.72 bits per heavy atom. The average molecular weight is 245 g/mol. The molecule has 0 aliphatic rings. The van der Waals surface area contributed by atoms with Crippen LogP contribution in [0.15, 0.2) is 36.5 Å². The summed E-state index contributed by atoms with van der Waals surface area (Å²) in [5, 5.41) is 2.57. The Morgan fingerprint density at radius 2 is 2.11 bits per heavy atom. The molecule has 3 N–H and O–H groups in total. The van der Waals surface area contributed by atoms with Gasteiger partial charge in [0.05, 0.1) is 5.69 Å². The maximum atomic E-state index is 13.2. The summed E-state index contributed by atoms with van der Waals surface area (Å²) in [7, 11) is 0. The van der Waals surface area contributed by atoms with Crippen molar-refractivity contribution in [2.75, 3.05) is 11.1 Å². The van der Waals surface area contributed by atoms with Gasteiger partial charge in [0.2, 0.25) is 0 Å². The van der Waals surface area contributed by atoms with E-state index in [-0.39, 0.29) is 11.3 Å². The SMILES string of the molecule is Cc1ccc(NC(=O)c2ccc(N)c(F)c2)nc1. The summed E-state index contributed by atoms with van der Waals surface area (Å²) >= 11 is 0. The number of nitrogens with zero attached hydrogens (tertiary/aromatic N) is 1. The number of aryl methyl sites for hydroxylation is 1. The lowest BCUT2D eigenvalue weighted by atomic mass is 10.2. The Morgan fingerprint density at radius 1 is 1.33 bits per heavy atom. The van der Waals surface area contributed by atoms with Gasteiger partial charge in [0.25, 0.3) is 5.91 Å². The molecule has 18 heavy (non-hydrogen) atoms. The summed E-state index contributed by atoms with van der Waals surface area (Å²) in [5.74, 6) is -0.618. The molecule has 4 nitrogen and oxygen atoms in total. The third kappa shape index (κ3) is 2.63. The number of amides is 1. The molecule has 0 aliphatic heterocycles. The maximum Gasteiger partial charge on any atom is 0.256 e. The number of aromatic nitrogens is 1. The Balaban J connectivity index is 2.16. The van der Waals surface area contributed by atoms with Crippen molar-refractivity contribution in [1.29, 1.82) is 0 Å². The highest BCUT2D eigenvalue weighted by molar-refractivity contribution is 6.03. The van der Waals surface area contributed by atoms with Crippen LogP contribution in [0.2, 0.25) is 0 Å². The second-order valence-corrected chi connectivity index (χ2v) is 3.91. The van der Waals surface area contributed by atoms with Gasteiger partial charge in [-0.1, -0.05) is 6.07 Å². The topological polar surface area (TPSA) is 68.0 Å². The Labute approximate surface area is 104 Å². The van der Waals surface area contributed by atoms with Crippen molar-refractivity contribution in [3.8, 4) is 0 Å². The van der Waals surface area contributed by atoms with E-state index in [9.17, 15) is 9.18 Å². The zero-order chi connectivity index (χ0) is 13.1. The highest BCUT2D eigenvalue weighted by Gasteiger charge is 2.09. The van der Waals surface area contributed by atoms with Crippen LogP contribution in [0.4, 0.5) is 15.9 Å². The summed E-state index contributed by atoms with van der Waals surface area (Å²) in [6.07, 6.45) is 1.64. The van der Waals surface area contributed by atoms with Crippen molar-refractivity contribution in [3.05, 3.63) is 53.5 Å². The molecule has 0 bridgehead atoms. The smallest absolute Gasteiger partial charge is 0.256 e. The second kappa shape index (κ2) is 4.83. The number of rotatable bonds is 2. The lowest BCUT2D eigenvalue weighted by molar-refractivity contribution is 0.102. The van der Waals surface area contributed by atoms with Crippen molar-refractivity contribution in [1.82, 2.24) is 4.98 Å². The zero-order valence-corrected chi connectivity index (χ0v) is 9.77. The van der Waals surface area contributed by atoms with Gasteiger partial charge in [-0.05, 0) is 36.8 Å². The molecule has 1 heterocycles. The number of carbonyl (C=O) groups excluding carboxylic acids is 1. The fraction of sp³-hybridized carbons (Fsp3) is 0.0769. The van der Waals surface area contributed by atoms with Crippen molar-refractivity contribution in [3.63, 3.8) is 0 Å². The van der Waals surface area contributed by atoms with Crippen LogP contribution in [0.3, 0.4) is 0 Å². The molecular weight excluding hydrogens is 233 g/mol. The highest BCUT2D eigenvalue weighted by Crippen LogP contribution is 2.13. The van der Waals surface area contributed by atoms with Gasteiger partial charge in [-0.25, -0.2) is 9.37 Å². The van der Waals surface area contributed by atoms with E-state index in [0.29, 0.717) is 5.82 Å². The highest BCUT2D eigenvalue weighted by atomic mass is 19.1. The fourth-order valence-corrected chi connectivity index (χ4v) is 1.40. The molecule has 0 atom stereocenters. The van der Waals surface area contributed by atoms with E-state index >= 15 is 0 Å². The standard InChI is InChI=1S/C13H12FN3O/c1-8-2-5-12(16-7-8)17-13(18)9-3-4-11(15)10(14)6-9/h2-7H,15H2,1H3,(H,16,17,18). The zero-order valence-electron chi connectivity index (χ0n) is 9.77. The molecule has 0 radical (unpaired) electrons. The molecule has 5 heteroatoms. The Hall–Kier alpha value is -2.43. The Bertz CT molecular complexity index is 581. The third-order valence-electron chi connectivity index (χ3n) is 2.42. The first-order valence-corrected chi connectivity index (χ1v) is 5.35. The van der Waals surface area contributed by atoms with Gasteiger partial charge >= 0.3 is 0 Å². The summed E-state index contributed by atoms with van der Waals surface area (Å²) < 4.78 is 13.2. The number of pyridine rings is 1. The molecule has 0 spiro atoms. The number of benzene rings is 1. The van der Waals surface area contributed by atoms with Crippen LogP contribution in [0, 0.1) is 12.7 Å². The minimum absolute atomic E-state index is 0.0139. The quantitative estimate of drug-likeness (QED) is 0.798. The number of nitrogens with two attached hydrogens (primary N) is 1. The van der Waals surface area contributed by atoms with E-state index < -0.39 is 11.7 Å². The van der Waals surface area contributed by atoms with E-state index in [2.05, 4.69) is 10.3 Å². The van der Waals surface area contributed by atoms with E-state index in [1.54, 1.807) is 12.3 Å². The van der Waals surface area contributed by atoms with Crippen LogP contribution < -0.4 is 11.1 Å². The number of halogens is 1. The maximum absolute atomic E-state index is 13.2. The molecule has 0 unspecified atom stereocenters. The van der Waals surface area contributed by atoms with Crippen molar-refractivity contribution >= 4 is 17.4 Å². The molecular formula is C13H12FN3O. The minimum atomic E-state index is -0.612. The van der Waals surface area contributed by atoms with Gasteiger partial charge in [-0.15, -0.1) is 0 Å². The largest absolute Gasteiger partial charge is 0.396 e. The molecule has 0 saturated heterocycles. The van der Waals surface area contributed by atoms with E-state index in [1.165, 1.54) is 12.1 Å². The first-order chi connectivity index (χ1) is 8.56. The van der Waals surface area contributed by atoms with Gasteiger partial charge in [0.15, 0.2) is 0 Å². The average Bonchev–Trinajstić information content (AvgIpc) is 2.35. The van der Waals surface area contributed by atoms with Crippen LogP contribution in [-0.4, -0.2) is 10.9 Å². The molecule has 2 aromatic rings. The second-order valence-electron chi connectivity index (χ2n) is 3.91. The minimum Gasteiger partial charge on any atom is -0.396 e. The Kier molecular flexibility index (Phi) is 3.23.